The Kier molecular flexibility index (Phi) is 21.0. The fourth-order valence-electron chi connectivity index (χ4n) is 10.4. The maximum absolute atomic E-state index is 14.4. The Hall–Kier alpha value is -3.33. The van der Waals surface area contributed by atoms with Gasteiger partial charge in [-0.2, -0.15) is 0 Å². The number of aliphatic hydroxyl groups is 2. The van der Waals surface area contributed by atoms with E-state index in [0.29, 0.717) is 56.4 Å². The van der Waals surface area contributed by atoms with Crippen molar-refractivity contribution in [2.75, 3.05) is 27.9 Å². The zero-order valence-corrected chi connectivity index (χ0v) is 41.2. The highest BCUT2D eigenvalue weighted by molar-refractivity contribution is 6.39. The molecule has 1 amide bonds. The van der Waals surface area contributed by atoms with Crippen LogP contribution in [0, 0.1) is 41.4 Å². The van der Waals surface area contributed by atoms with Gasteiger partial charge in [-0.3, -0.25) is 19.2 Å². The van der Waals surface area contributed by atoms with Gasteiger partial charge in [0.2, 0.25) is 5.79 Å². The molecule has 2 N–H and O–H groups in total. The van der Waals surface area contributed by atoms with Gasteiger partial charge in [0.25, 0.3) is 11.7 Å². The molecule has 3 heterocycles. The van der Waals surface area contributed by atoms with Crippen molar-refractivity contribution in [2.45, 2.75) is 181 Å². The van der Waals surface area contributed by atoms with E-state index in [-0.39, 0.29) is 54.8 Å². The highest BCUT2D eigenvalue weighted by Gasteiger charge is 2.53. The zero-order valence-electron chi connectivity index (χ0n) is 41.2. The Bertz CT molecular complexity index is 1750. The lowest BCUT2D eigenvalue weighted by atomic mass is 9.76. The van der Waals surface area contributed by atoms with Crippen molar-refractivity contribution in [3.8, 4) is 0 Å². The normalized spacial score (nSPS) is 39.1. The maximum Gasteiger partial charge on any atom is 0.329 e. The number of hydrogen-bond donors (Lipinski definition) is 2. The number of esters is 1. The number of allylic oxidation sites excluding steroid dienone is 6. The number of ketones is 3. The summed E-state index contributed by atoms with van der Waals surface area (Å²) in [7, 11) is 4.70. The number of aliphatic hydroxyl groups excluding tert-OH is 1. The first kappa shape index (κ1) is 54.3. The second-order valence-corrected chi connectivity index (χ2v) is 20.0. The number of piperidine rings is 1. The fourth-order valence-corrected chi connectivity index (χ4v) is 10.4. The van der Waals surface area contributed by atoms with E-state index in [4.69, 9.17) is 23.7 Å². The summed E-state index contributed by atoms with van der Waals surface area (Å²) in [5, 5.41) is 23.4. The van der Waals surface area contributed by atoms with Crippen LogP contribution >= 0.6 is 0 Å². The van der Waals surface area contributed by atoms with Crippen LogP contribution in [0.15, 0.2) is 47.6 Å². The van der Waals surface area contributed by atoms with Crippen LogP contribution in [0.1, 0.15) is 132 Å². The topological polar surface area (TPSA) is 175 Å². The first-order valence-corrected chi connectivity index (χ1v) is 24.2. The average Bonchev–Trinajstić information content (AvgIpc) is 3.28. The number of methoxy groups -OCH3 is 3. The highest BCUT2D eigenvalue weighted by atomic mass is 16.6. The van der Waals surface area contributed by atoms with Gasteiger partial charge in [0, 0.05) is 58.5 Å². The van der Waals surface area contributed by atoms with Crippen molar-refractivity contribution in [3.05, 3.63) is 47.6 Å². The summed E-state index contributed by atoms with van der Waals surface area (Å²) in [5.41, 5.74) is 1.30. The molecule has 0 aromatic heterocycles. The number of cyclic esters (lactones) is 1. The average molecular weight is 912 g/mol. The number of fused-ring (bicyclic) bond motifs is 3. The SMILES string of the molecule is CO[C@H]1C[C@@H]2CC[C@@H](C)[C@](O)(O2)C(=O)C(=O)N2CCCC[C@H]2C(=O)O[C@H]([C@H](C)C[C@@H]2CC[C@H](C)[C@H](OC)C2)CC(=O)[C@H](C)/C=C(\C)[C@@H](O)[C@@H](OC)C(=O)[C@@H](C)CC(C)/C=C/C=CC=C1C. The Morgan fingerprint density at radius 2 is 1.57 bits per heavy atom. The van der Waals surface area contributed by atoms with Gasteiger partial charge in [-0.25, -0.2) is 4.79 Å². The first-order valence-electron chi connectivity index (χ1n) is 24.2. The first-order chi connectivity index (χ1) is 30.7. The minimum atomic E-state index is -2.41. The molecule has 13 heteroatoms. The van der Waals surface area contributed by atoms with Crippen LogP contribution < -0.4 is 0 Å². The van der Waals surface area contributed by atoms with E-state index in [2.05, 4.69) is 6.92 Å². The molecule has 0 aromatic carbocycles. The molecule has 13 nitrogen and oxygen atoms in total. The summed E-state index contributed by atoms with van der Waals surface area (Å²) in [4.78, 5) is 71.9. The molecule has 15 atom stereocenters. The predicted octanol–water partition coefficient (Wildman–Crippen LogP) is 7.46. The second kappa shape index (κ2) is 25.2. The van der Waals surface area contributed by atoms with Crippen molar-refractivity contribution in [2.24, 2.45) is 41.4 Å². The fraction of sp³-hybridized carbons (Fsp3) is 0.750. The lowest BCUT2D eigenvalue weighted by Crippen LogP contribution is -2.61. The lowest BCUT2D eigenvalue weighted by molar-refractivity contribution is -0.265. The maximum atomic E-state index is 14.4. The molecule has 1 aliphatic carbocycles. The molecule has 4 rings (SSSR count). The summed E-state index contributed by atoms with van der Waals surface area (Å²) in [6.45, 7) is 15.1. The minimum Gasteiger partial charge on any atom is -0.460 e. The van der Waals surface area contributed by atoms with Crippen LogP contribution in [0.25, 0.3) is 0 Å². The Balaban J connectivity index is 1.70. The van der Waals surface area contributed by atoms with Crippen LogP contribution in [0.4, 0.5) is 0 Å². The molecule has 3 fully saturated rings. The van der Waals surface area contributed by atoms with Crippen molar-refractivity contribution >= 4 is 29.2 Å². The molecule has 0 aromatic rings. The van der Waals surface area contributed by atoms with Crippen molar-refractivity contribution in [3.63, 3.8) is 0 Å². The third kappa shape index (κ3) is 14.3. The monoisotopic (exact) mass is 912 g/mol. The molecule has 1 saturated carbocycles. The van der Waals surface area contributed by atoms with Crippen LogP contribution in [-0.4, -0.2) is 121 Å². The third-order valence-corrected chi connectivity index (χ3v) is 14.8. The van der Waals surface area contributed by atoms with Gasteiger partial charge in [0.1, 0.15) is 30.1 Å². The van der Waals surface area contributed by atoms with Crippen LogP contribution in [0.2, 0.25) is 0 Å². The molecule has 0 spiro atoms. The van der Waals surface area contributed by atoms with Gasteiger partial charge in [-0.1, -0.05) is 78.0 Å². The van der Waals surface area contributed by atoms with E-state index < -0.39 is 77.8 Å². The summed E-state index contributed by atoms with van der Waals surface area (Å²) in [6.07, 6.45) is 13.6. The smallest absolute Gasteiger partial charge is 0.329 e. The van der Waals surface area contributed by atoms with E-state index in [9.17, 15) is 34.2 Å². The molecule has 3 aliphatic heterocycles. The molecule has 1 unspecified atom stereocenters. The Morgan fingerprint density at radius 3 is 2.25 bits per heavy atom. The van der Waals surface area contributed by atoms with E-state index in [1.165, 1.54) is 12.0 Å². The number of hydrogen-bond acceptors (Lipinski definition) is 12. The third-order valence-electron chi connectivity index (χ3n) is 14.8. The van der Waals surface area contributed by atoms with Gasteiger partial charge < -0.3 is 38.8 Å². The van der Waals surface area contributed by atoms with Crippen LogP contribution in [0.3, 0.4) is 0 Å². The molecule has 366 valence electrons. The molecule has 0 radical (unpaired) electrons. The Morgan fingerprint density at radius 1 is 0.846 bits per heavy atom. The van der Waals surface area contributed by atoms with E-state index in [1.54, 1.807) is 41.1 Å². The summed E-state index contributed by atoms with van der Waals surface area (Å²) in [5.74, 6) is -7.07. The number of amides is 1. The number of nitrogens with zero attached hydrogens (tertiary/aromatic N) is 1. The lowest BCUT2D eigenvalue weighted by Gasteiger charge is -2.42. The number of Topliss-reactive ketones (excluding diaryl/α,β-unsaturated/α-hetero) is 3. The van der Waals surface area contributed by atoms with Gasteiger partial charge >= 0.3 is 5.97 Å². The number of carbonyl (C=O) groups is 5. The van der Waals surface area contributed by atoms with Gasteiger partial charge in [-0.15, -0.1) is 0 Å². The van der Waals surface area contributed by atoms with E-state index in [1.807, 2.05) is 58.1 Å². The molecular weight excluding hydrogens is 831 g/mol. The second-order valence-electron chi connectivity index (χ2n) is 20.0. The van der Waals surface area contributed by atoms with Gasteiger partial charge in [0.05, 0.1) is 18.3 Å². The molecular formula is C52H81NO12. The van der Waals surface area contributed by atoms with Crippen molar-refractivity contribution in [1.29, 1.82) is 0 Å². The molecule has 65 heavy (non-hydrogen) atoms. The zero-order chi connectivity index (χ0) is 48.2. The van der Waals surface area contributed by atoms with Gasteiger partial charge in [-0.05, 0) is 113 Å². The molecule has 2 bridgehead atoms. The number of rotatable bonds is 6. The van der Waals surface area contributed by atoms with Crippen molar-refractivity contribution < 1.29 is 57.9 Å². The van der Waals surface area contributed by atoms with E-state index >= 15 is 0 Å². The molecule has 4 aliphatic rings. The highest BCUT2D eigenvalue weighted by Crippen LogP contribution is 2.38. The number of carbonyl (C=O) groups excluding carboxylic acids is 5. The Labute approximate surface area is 388 Å². The predicted molar refractivity (Wildman–Crippen MR) is 248 cm³/mol. The van der Waals surface area contributed by atoms with E-state index in [0.717, 1.165) is 24.8 Å². The van der Waals surface area contributed by atoms with Crippen molar-refractivity contribution in [1.82, 2.24) is 4.90 Å². The van der Waals surface area contributed by atoms with Crippen LogP contribution in [0.5, 0.6) is 0 Å². The largest absolute Gasteiger partial charge is 0.460 e. The standard InChI is InChI=1S/C52H81NO12/c1-31-17-13-12-14-18-32(2)44(62-10)29-40-23-21-38(8)52(60,65-40)49(57)50(58)53-24-16-15-19-41(53)51(59)64-45(35(5)27-39-22-20-33(3)43(28-39)61-9)30-42(54)34(4)26-37(7)47(56)48(63-11)46(55)36(6)25-31/h12-14,17-18,26,31,33-36,38-41,43-45,47-48,56,60H,15-16,19-25,27-30H2,1-11H3/b14-12?,17-13+,32-18?,37-26+/t31?,33-,34+,35+,36-,38+,39-,40-,41-,43+,44-,45-,47+,48-,52-/m0/s1. The molecule has 2 saturated heterocycles. The summed E-state index contributed by atoms with van der Waals surface area (Å²) < 4.78 is 29.7. The van der Waals surface area contributed by atoms with Crippen LogP contribution in [-0.2, 0) is 47.7 Å². The van der Waals surface area contributed by atoms with Gasteiger partial charge in [0.15, 0.2) is 5.78 Å². The number of ether oxygens (including phenoxy) is 5. The quantitative estimate of drug-likeness (QED) is 0.153. The summed E-state index contributed by atoms with van der Waals surface area (Å²) in [6, 6.07) is -1.11. The minimum absolute atomic E-state index is 0.0304. The summed E-state index contributed by atoms with van der Waals surface area (Å²) >= 11 is 0.